The van der Waals surface area contributed by atoms with Gasteiger partial charge in [-0.05, 0) is 37.6 Å². The maximum absolute atomic E-state index is 12.2. The molecule has 0 bridgehead atoms. The van der Waals surface area contributed by atoms with Crippen LogP contribution < -0.4 is 10.9 Å². The lowest BCUT2D eigenvalue weighted by molar-refractivity contribution is 0.0697. The van der Waals surface area contributed by atoms with Crippen molar-refractivity contribution in [2.24, 2.45) is 0 Å². The van der Waals surface area contributed by atoms with Gasteiger partial charge in [0, 0.05) is 11.9 Å². The van der Waals surface area contributed by atoms with Gasteiger partial charge in [-0.15, -0.1) is 0 Å². The summed E-state index contributed by atoms with van der Waals surface area (Å²) in [6.07, 6.45) is 1.36. The van der Waals surface area contributed by atoms with Crippen molar-refractivity contribution in [3.05, 3.63) is 57.1 Å². The van der Waals surface area contributed by atoms with Gasteiger partial charge in [0.1, 0.15) is 16.9 Å². The minimum Gasteiger partial charge on any atom is -0.478 e. The summed E-state index contributed by atoms with van der Waals surface area (Å²) in [7, 11) is 0. The normalized spacial score (nSPS) is 10.2. The highest BCUT2D eigenvalue weighted by molar-refractivity contribution is 6.07. The van der Waals surface area contributed by atoms with E-state index in [1.165, 1.54) is 18.3 Å². The van der Waals surface area contributed by atoms with Crippen molar-refractivity contribution in [2.45, 2.75) is 13.8 Å². The molecule has 0 saturated carbocycles. The van der Waals surface area contributed by atoms with Gasteiger partial charge in [0.25, 0.3) is 11.5 Å². The minimum absolute atomic E-state index is 0.0670. The first-order chi connectivity index (χ1) is 9.90. The number of H-pyrrole nitrogens is 1. The van der Waals surface area contributed by atoms with Crippen molar-refractivity contribution in [1.29, 1.82) is 0 Å². The number of amides is 1. The van der Waals surface area contributed by atoms with E-state index in [4.69, 9.17) is 5.11 Å². The van der Waals surface area contributed by atoms with Gasteiger partial charge in [-0.1, -0.05) is 0 Å². The third-order valence-corrected chi connectivity index (χ3v) is 2.86. The first kappa shape index (κ1) is 14.4. The fourth-order valence-corrected chi connectivity index (χ4v) is 1.98. The zero-order valence-corrected chi connectivity index (χ0v) is 11.4. The Morgan fingerprint density at radius 2 is 2.05 bits per heavy atom. The van der Waals surface area contributed by atoms with Crippen LogP contribution >= 0.6 is 0 Å². The summed E-state index contributed by atoms with van der Waals surface area (Å²) in [5, 5.41) is 11.4. The van der Waals surface area contributed by atoms with Gasteiger partial charge in [0.2, 0.25) is 0 Å². The molecule has 0 unspecified atom stereocenters. The summed E-state index contributed by atoms with van der Waals surface area (Å²) >= 11 is 0. The molecule has 2 heterocycles. The van der Waals surface area contributed by atoms with Gasteiger partial charge < -0.3 is 15.4 Å². The topological polar surface area (TPSA) is 112 Å². The summed E-state index contributed by atoms with van der Waals surface area (Å²) in [5.41, 5.74) is 0.395. The van der Waals surface area contributed by atoms with Crippen LogP contribution in [0.2, 0.25) is 0 Å². The van der Waals surface area contributed by atoms with Crippen molar-refractivity contribution >= 4 is 17.7 Å². The van der Waals surface area contributed by atoms with E-state index in [2.05, 4.69) is 15.3 Å². The summed E-state index contributed by atoms with van der Waals surface area (Å²) < 4.78 is 0. The number of hydrogen-bond donors (Lipinski definition) is 3. The molecule has 7 nitrogen and oxygen atoms in total. The predicted octanol–water partition coefficient (Wildman–Crippen LogP) is 1.34. The number of aryl methyl sites for hydroxylation is 2. The van der Waals surface area contributed by atoms with Crippen molar-refractivity contribution in [1.82, 2.24) is 9.97 Å². The molecule has 0 radical (unpaired) electrons. The summed E-state index contributed by atoms with van der Waals surface area (Å²) in [4.78, 5) is 41.4. The van der Waals surface area contributed by atoms with Gasteiger partial charge in [0.05, 0.1) is 0 Å². The molecule has 2 aromatic heterocycles. The quantitative estimate of drug-likeness (QED) is 0.788. The van der Waals surface area contributed by atoms with Gasteiger partial charge in [0.15, 0.2) is 0 Å². The van der Waals surface area contributed by atoms with Crippen LogP contribution in [-0.4, -0.2) is 27.0 Å². The number of carboxylic acid groups (broad SMARTS) is 1. The lowest BCUT2D eigenvalue weighted by Gasteiger charge is -2.08. The molecule has 0 aliphatic rings. The van der Waals surface area contributed by atoms with Gasteiger partial charge in [-0.2, -0.15) is 0 Å². The van der Waals surface area contributed by atoms with Crippen molar-refractivity contribution < 1.29 is 14.7 Å². The second-order valence-corrected chi connectivity index (χ2v) is 4.50. The van der Waals surface area contributed by atoms with Crippen LogP contribution in [-0.2, 0) is 0 Å². The molecule has 0 aliphatic heterocycles. The van der Waals surface area contributed by atoms with E-state index in [1.807, 2.05) is 0 Å². The molecule has 7 heteroatoms. The summed E-state index contributed by atoms with van der Waals surface area (Å²) in [6, 6.07) is 4.42. The SMILES string of the molecule is Cc1cc(C)c(C(=O)Nc2ncccc2C(=O)O)c(=O)[nH]1. The van der Waals surface area contributed by atoms with Crippen LogP contribution in [0.1, 0.15) is 32.0 Å². The highest BCUT2D eigenvalue weighted by Crippen LogP contribution is 2.13. The molecule has 2 rings (SSSR count). The van der Waals surface area contributed by atoms with E-state index in [0.717, 1.165) is 0 Å². The monoisotopic (exact) mass is 287 g/mol. The maximum atomic E-state index is 12.2. The molecule has 0 spiro atoms. The average Bonchev–Trinajstić information content (AvgIpc) is 2.37. The lowest BCUT2D eigenvalue weighted by Crippen LogP contribution is -2.26. The first-order valence-corrected chi connectivity index (χ1v) is 6.10. The van der Waals surface area contributed by atoms with Crippen molar-refractivity contribution in [2.75, 3.05) is 5.32 Å². The van der Waals surface area contributed by atoms with E-state index in [-0.39, 0.29) is 16.9 Å². The second-order valence-electron chi connectivity index (χ2n) is 4.50. The Hall–Kier alpha value is -2.96. The molecular formula is C14H13N3O4. The third-order valence-electron chi connectivity index (χ3n) is 2.86. The number of rotatable bonds is 3. The van der Waals surface area contributed by atoms with E-state index in [9.17, 15) is 14.4 Å². The number of carbonyl (C=O) groups is 2. The number of carboxylic acids is 1. The predicted molar refractivity (Wildman–Crippen MR) is 75.7 cm³/mol. The fourth-order valence-electron chi connectivity index (χ4n) is 1.98. The Kier molecular flexibility index (Phi) is 3.84. The zero-order chi connectivity index (χ0) is 15.6. The van der Waals surface area contributed by atoms with Crippen LogP contribution in [0.15, 0.2) is 29.2 Å². The minimum atomic E-state index is -1.21. The molecule has 0 atom stereocenters. The maximum Gasteiger partial charge on any atom is 0.339 e. The zero-order valence-electron chi connectivity index (χ0n) is 11.4. The molecule has 3 N–H and O–H groups in total. The Balaban J connectivity index is 2.40. The van der Waals surface area contributed by atoms with Crippen LogP contribution in [0.4, 0.5) is 5.82 Å². The lowest BCUT2D eigenvalue weighted by atomic mass is 10.1. The van der Waals surface area contributed by atoms with E-state index >= 15 is 0 Å². The number of nitrogens with zero attached hydrogens (tertiary/aromatic N) is 1. The highest BCUT2D eigenvalue weighted by atomic mass is 16.4. The second kappa shape index (κ2) is 5.58. The third kappa shape index (κ3) is 2.97. The number of hydrogen-bond acceptors (Lipinski definition) is 4. The highest BCUT2D eigenvalue weighted by Gasteiger charge is 2.18. The Morgan fingerprint density at radius 1 is 1.33 bits per heavy atom. The Labute approximate surface area is 119 Å². The molecule has 0 saturated heterocycles. The molecule has 0 aromatic carbocycles. The Morgan fingerprint density at radius 3 is 2.67 bits per heavy atom. The van der Waals surface area contributed by atoms with Crippen LogP contribution in [0.25, 0.3) is 0 Å². The molecule has 21 heavy (non-hydrogen) atoms. The first-order valence-electron chi connectivity index (χ1n) is 6.10. The molecule has 0 aliphatic carbocycles. The molecule has 108 valence electrons. The van der Waals surface area contributed by atoms with Crippen molar-refractivity contribution in [3.63, 3.8) is 0 Å². The van der Waals surface area contributed by atoms with Crippen LogP contribution in [0.5, 0.6) is 0 Å². The molecular weight excluding hydrogens is 274 g/mol. The largest absolute Gasteiger partial charge is 0.478 e. The van der Waals surface area contributed by atoms with Gasteiger partial charge >= 0.3 is 5.97 Å². The Bertz CT molecular complexity index is 780. The van der Waals surface area contributed by atoms with Crippen LogP contribution in [0, 0.1) is 13.8 Å². The average molecular weight is 287 g/mol. The smallest absolute Gasteiger partial charge is 0.339 e. The molecule has 2 aromatic rings. The number of pyridine rings is 2. The number of aromatic carboxylic acids is 1. The number of nitrogens with one attached hydrogen (secondary N) is 2. The summed E-state index contributed by atoms with van der Waals surface area (Å²) in [6.45, 7) is 3.34. The van der Waals surface area contributed by atoms with Gasteiger partial charge in [-0.25, -0.2) is 9.78 Å². The fraction of sp³-hybridized carbons (Fsp3) is 0.143. The van der Waals surface area contributed by atoms with E-state index in [1.54, 1.807) is 19.9 Å². The number of anilines is 1. The number of carbonyl (C=O) groups excluding carboxylic acids is 1. The standard InChI is InChI=1S/C14H13N3O4/c1-7-6-8(2)16-12(18)10(7)13(19)17-11-9(14(20)21)4-3-5-15-11/h3-6H,1-2H3,(H,16,18)(H,20,21)(H,15,17,19). The number of aromatic nitrogens is 2. The van der Waals surface area contributed by atoms with E-state index in [0.29, 0.717) is 11.3 Å². The van der Waals surface area contributed by atoms with Crippen molar-refractivity contribution in [3.8, 4) is 0 Å². The van der Waals surface area contributed by atoms with E-state index < -0.39 is 17.4 Å². The van der Waals surface area contributed by atoms with Crippen LogP contribution in [0.3, 0.4) is 0 Å². The van der Waals surface area contributed by atoms with Gasteiger partial charge in [-0.3, -0.25) is 9.59 Å². The number of aromatic amines is 1. The molecule has 0 fully saturated rings. The molecule has 1 amide bonds. The summed E-state index contributed by atoms with van der Waals surface area (Å²) in [5.74, 6) is -2.02.